The maximum atomic E-state index is 12.5. The number of hydrogen-bond donors (Lipinski definition) is 1. The molecule has 1 amide bonds. The van der Waals surface area contributed by atoms with Gasteiger partial charge < -0.3 is 14.6 Å². The highest BCUT2D eigenvalue weighted by atomic mass is 32.2. The van der Waals surface area contributed by atoms with Gasteiger partial charge in [-0.25, -0.2) is 0 Å². The molecule has 3 aromatic rings. The van der Waals surface area contributed by atoms with E-state index in [1.807, 2.05) is 41.8 Å². The van der Waals surface area contributed by atoms with Gasteiger partial charge >= 0.3 is 6.61 Å². The number of anilines is 1. The quantitative estimate of drug-likeness (QED) is 0.500. The molecule has 0 aliphatic carbocycles. The van der Waals surface area contributed by atoms with Crippen LogP contribution in [0, 0.1) is 0 Å². The van der Waals surface area contributed by atoms with Crippen molar-refractivity contribution in [1.82, 2.24) is 14.8 Å². The van der Waals surface area contributed by atoms with Crippen molar-refractivity contribution in [3.05, 3.63) is 66.0 Å². The summed E-state index contributed by atoms with van der Waals surface area (Å²) >= 11 is 1.32. The molecule has 1 unspecified atom stereocenters. The number of hydrogen-bond acceptors (Lipinski definition) is 5. The van der Waals surface area contributed by atoms with E-state index in [1.165, 1.54) is 36.0 Å². The molecular weight excluding hydrogens is 410 g/mol. The van der Waals surface area contributed by atoms with Crippen molar-refractivity contribution in [3.8, 4) is 5.75 Å². The monoisotopic (exact) mass is 432 g/mol. The Hall–Kier alpha value is -2.94. The first-order valence-electron chi connectivity index (χ1n) is 9.44. The Balaban J connectivity index is 1.62. The first-order chi connectivity index (χ1) is 14.5. The molecule has 3 rings (SSSR count). The lowest BCUT2D eigenvalue weighted by Crippen LogP contribution is -2.23. The second-order valence-corrected chi connectivity index (χ2v) is 7.77. The Labute approximate surface area is 177 Å². The highest BCUT2D eigenvalue weighted by molar-refractivity contribution is 8.00. The van der Waals surface area contributed by atoms with Gasteiger partial charge in [0.15, 0.2) is 5.16 Å². The fraction of sp³-hybridized carbons (Fsp3) is 0.286. The van der Waals surface area contributed by atoms with E-state index < -0.39 is 11.9 Å². The summed E-state index contributed by atoms with van der Waals surface area (Å²) in [6, 6.07) is 15.8. The SMILES string of the molecule is CCn1c(Cc2ccccc2)nnc1SC(C)C(=O)Nc1ccc(OC(F)F)cc1. The number of benzene rings is 2. The highest BCUT2D eigenvalue weighted by Gasteiger charge is 2.20. The van der Waals surface area contributed by atoms with Crippen molar-refractivity contribution >= 4 is 23.4 Å². The van der Waals surface area contributed by atoms with E-state index in [0.29, 0.717) is 23.8 Å². The molecule has 0 radical (unpaired) electrons. The first kappa shape index (κ1) is 21.8. The van der Waals surface area contributed by atoms with Crippen LogP contribution in [0.4, 0.5) is 14.5 Å². The number of ether oxygens (including phenoxy) is 1. The molecule has 0 saturated heterocycles. The van der Waals surface area contributed by atoms with Crippen molar-refractivity contribution in [2.24, 2.45) is 0 Å². The van der Waals surface area contributed by atoms with Crippen LogP contribution in [0.25, 0.3) is 0 Å². The Bertz CT molecular complexity index is 965. The molecule has 0 saturated carbocycles. The lowest BCUT2D eigenvalue weighted by molar-refractivity contribution is -0.115. The maximum Gasteiger partial charge on any atom is 0.387 e. The first-order valence-corrected chi connectivity index (χ1v) is 10.3. The normalized spacial score (nSPS) is 12.0. The predicted octanol–water partition coefficient (Wildman–Crippen LogP) is 4.61. The van der Waals surface area contributed by atoms with E-state index in [4.69, 9.17) is 0 Å². The van der Waals surface area contributed by atoms with Gasteiger partial charge in [0, 0.05) is 18.7 Å². The molecule has 1 aromatic heterocycles. The fourth-order valence-corrected chi connectivity index (χ4v) is 3.74. The standard InChI is InChI=1S/C21H22F2N4O2S/c1-3-27-18(13-15-7-5-4-6-8-15)25-26-21(27)30-14(2)19(28)24-16-9-11-17(12-10-16)29-20(22)23/h4-12,14,20H,3,13H2,1-2H3,(H,24,28). The van der Waals surface area contributed by atoms with Gasteiger partial charge in [0.2, 0.25) is 5.91 Å². The summed E-state index contributed by atoms with van der Waals surface area (Å²) < 4.78 is 30.7. The summed E-state index contributed by atoms with van der Waals surface area (Å²) in [5.41, 5.74) is 1.64. The molecule has 0 aliphatic heterocycles. The Morgan fingerprint density at radius 1 is 1.13 bits per heavy atom. The Morgan fingerprint density at radius 2 is 1.83 bits per heavy atom. The van der Waals surface area contributed by atoms with E-state index in [9.17, 15) is 13.6 Å². The van der Waals surface area contributed by atoms with Gasteiger partial charge in [0.1, 0.15) is 11.6 Å². The van der Waals surface area contributed by atoms with Crippen molar-refractivity contribution in [1.29, 1.82) is 0 Å². The number of alkyl halides is 2. The van der Waals surface area contributed by atoms with Crippen LogP contribution in [0.5, 0.6) is 5.75 Å². The molecule has 0 fully saturated rings. The highest BCUT2D eigenvalue weighted by Crippen LogP contribution is 2.25. The zero-order valence-electron chi connectivity index (χ0n) is 16.6. The third-order valence-electron chi connectivity index (χ3n) is 4.31. The van der Waals surface area contributed by atoms with Crippen LogP contribution >= 0.6 is 11.8 Å². The minimum atomic E-state index is -2.88. The molecule has 6 nitrogen and oxygen atoms in total. The molecule has 158 valence electrons. The van der Waals surface area contributed by atoms with Crippen LogP contribution in [0.1, 0.15) is 25.2 Å². The molecule has 0 bridgehead atoms. The van der Waals surface area contributed by atoms with Crippen LogP contribution in [0.3, 0.4) is 0 Å². The molecule has 1 N–H and O–H groups in total. The summed E-state index contributed by atoms with van der Waals surface area (Å²) in [5.74, 6) is 0.652. The average molecular weight is 432 g/mol. The van der Waals surface area contributed by atoms with Crippen LogP contribution < -0.4 is 10.1 Å². The molecule has 2 aromatic carbocycles. The van der Waals surface area contributed by atoms with Crippen LogP contribution in [-0.4, -0.2) is 32.5 Å². The van der Waals surface area contributed by atoms with Gasteiger partial charge in [-0.05, 0) is 43.7 Å². The second kappa shape index (κ2) is 10.2. The van der Waals surface area contributed by atoms with Gasteiger partial charge in [-0.3, -0.25) is 4.79 Å². The Kier molecular flexibility index (Phi) is 7.40. The summed E-state index contributed by atoms with van der Waals surface area (Å²) in [6.45, 7) is 1.59. The minimum absolute atomic E-state index is 0.0346. The molecule has 0 aliphatic rings. The second-order valence-electron chi connectivity index (χ2n) is 6.46. The fourth-order valence-electron chi connectivity index (χ4n) is 2.81. The number of halogens is 2. The molecule has 0 spiro atoms. The van der Waals surface area contributed by atoms with Crippen LogP contribution in [0.2, 0.25) is 0 Å². The number of carbonyl (C=O) groups is 1. The largest absolute Gasteiger partial charge is 0.435 e. The van der Waals surface area contributed by atoms with Crippen molar-refractivity contribution in [2.45, 2.75) is 43.8 Å². The zero-order valence-corrected chi connectivity index (χ0v) is 17.4. The molecule has 1 atom stereocenters. The minimum Gasteiger partial charge on any atom is -0.435 e. The lowest BCUT2D eigenvalue weighted by Gasteiger charge is -2.13. The number of aromatic nitrogens is 3. The molecule has 1 heterocycles. The van der Waals surface area contributed by atoms with Gasteiger partial charge in [-0.1, -0.05) is 42.1 Å². The number of carbonyl (C=O) groups excluding carboxylic acids is 1. The lowest BCUT2D eigenvalue weighted by atomic mass is 10.1. The number of amides is 1. The number of nitrogens with one attached hydrogen (secondary N) is 1. The summed E-state index contributed by atoms with van der Waals surface area (Å²) in [5, 5.41) is 11.6. The average Bonchev–Trinajstić information content (AvgIpc) is 3.10. The van der Waals surface area contributed by atoms with E-state index in [2.05, 4.69) is 20.3 Å². The van der Waals surface area contributed by atoms with E-state index in [0.717, 1.165) is 11.4 Å². The smallest absolute Gasteiger partial charge is 0.387 e. The summed E-state index contributed by atoms with van der Waals surface area (Å²) in [7, 11) is 0. The van der Waals surface area contributed by atoms with Gasteiger partial charge in [0.25, 0.3) is 0 Å². The Morgan fingerprint density at radius 3 is 2.47 bits per heavy atom. The number of rotatable bonds is 9. The third kappa shape index (κ3) is 5.79. The predicted molar refractivity (Wildman–Crippen MR) is 112 cm³/mol. The topological polar surface area (TPSA) is 69.0 Å². The van der Waals surface area contributed by atoms with Gasteiger partial charge in [-0.2, -0.15) is 8.78 Å². The number of thioether (sulfide) groups is 1. The van der Waals surface area contributed by atoms with Gasteiger partial charge in [0.05, 0.1) is 5.25 Å². The van der Waals surface area contributed by atoms with E-state index in [1.54, 1.807) is 6.92 Å². The van der Waals surface area contributed by atoms with Crippen LogP contribution in [0.15, 0.2) is 59.8 Å². The van der Waals surface area contributed by atoms with Crippen LogP contribution in [-0.2, 0) is 17.8 Å². The van der Waals surface area contributed by atoms with Crippen molar-refractivity contribution in [3.63, 3.8) is 0 Å². The summed E-state index contributed by atoms with van der Waals surface area (Å²) in [6.07, 6.45) is 0.663. The van der Waals surface area contributed by atoms with Gasteiger partial charge in [-0.15, -0.1) is 10.2 Å². The van der Waals surface area contributed by atoms with E-state index in [-0.39, 0.29) is 11.7 Å². The molecular formula is C21H22F2N4O2S. The van der Waals surface area contributed by atoms with Crippen molar-refractivity contribution < 1.29 is 18.3 Å². The molecule has 30 heavy (non-hydrogen) atoms. The third-order valence-corrected chi connectivity index (χ3v) is 5.39. The summed E-state index contributed by atoms with van der Waals surface area (Å²) in [4.78, 5) is 12.5. The number of nitrogens with zero attached hydrogens (tertiary/aromatic N) is 3. The molecule has 9 heteroatoms. The zero-order chi connectivity index (χ0) is 21.5. The van der Waals surface area contributed by atoms with Crippen molar-refractivity contribution in [2.75, 3.05) is 5.32 Å². The maximum absolute atomic E-state index is 12.5. The van der Waals surface area contributed by atoms with E-state index >= 15 is 0 Å².